The highest BCUT2D eigenvalue weighted by Gasteiger charge is 2.14. The van der Waals surface area contributed by atoms with Gasteiger partial charge in [-0.15, -0.1) is 0 Å². The third-order valence-electron chi connectivity index (χ3n) is 3.11. The van der Waals surface area contributed by atoms with E-state index in [4.69, 9.17) is 4.74 Å². The van der Waals surface area contributed by atoms with E-state index in [-0.39, 0.29) is 18.6 Å². The van der Waals surface area contributed by atoms with Crippen LogP contribution in [0.25, 0.3) is 0 Å². The van der Waals surface area contributed by atoms with Crippen LogP contribution in [-0.2, 0) is 9.53 Å². The highest BCUT2D eigenvalue weighted by atomic mass is 79.9. The first-order valence-corrected chi connectivity index (χ1v) is 7.63. The standard InChI is InChI=1S/C17H16BrNO3/c1-12(13-7-3-2-4-8-13)19-16(20)11-22-17(21)14-9-5-6-10-15(14)18/h2-10,12H,11H2,1H3,(H,19,20)/t12-/m1/s1. The van der Waals surface area contributed by atoms with E-state index in [0.717, 1.165) is 5.56 Å². The lowest BCUT2D eigenvalue weighted by Crippen LogP contribution is -2.31. The molecular formula is C17H16BrNO3. The van der Waals surface area contributed by atoms with Crippen LogP contribution in [0.2, 0.25) is 0 Å². The molecule has 5 heteroatoms. The first-order valence-electron chi connectivity index (χ1n) is 6.84. The van der Waals surface area contributed by atoms with E-state index >= 15 is 0 Å². The number of amides is 1. The summed E-state index contributed by atoms with van der Waals surface area (Å²) >= 11 is 3.27. The maximum atomic E-state index is 11.9. The van der Waals surface area contributed by atoms with Crippen molar-refractivity contribution < 1.29 is 14.3 Å². The van der Waals surface area contributed by atoms with Gasteiger partial charge in [0.15, 0.2) is 6.61 Å². The first kappa shape index (κ1) is 16.2. The van der Waals surface area contributed by atoms with Crippen molar-refractivity contribution in [3.8, 4) is 0 Å². The van der Waals surface area contributed by atoms with E-state index in [1.807, 2.05) is 37.3 Å². The van der Waals surface area contributed by atoms with Crippen LogP contribution in [-0.4, -0.2) is 18.5 Å². The first-order chi connectivity index (χ1) is 10.6. The number of carbonyl (C=O) groups is 2. The summed E-state index contributed by atoms with van der Waals surface area (Å²) in [5.41, 5.74) is 1.39. The molecule has 0 fully saturated rings. The van der Waals surface area contributed by atoms with Gasteiger partial charge in [0.25, 0.3) is 5.91 Å². The average molecular weight is 362 g/mol. The number of ether oxygens (including phenoxy) is 1. The molecule has 0 aliphatic rings. The maximum absolute atomic E-state index is 11.9. The predicted molar refractivity (Wildman–Crippen MR) is 87.4 cm³/mol. The zero-order chi connectivity index (χ0) is 15.9. The minimum absolute atomic E-state index is 0.143. The molecule has 0 unspecified atom stereocenters. The van der Waals surface area contributed by atoms with Crippen molar-refractivity contribution in [2.45, 2.75) is 13.0 Å². The van der Waals surface area contributed by atoms with Gasteiger partial charge in [-0.05, 0) is 40.5 Å². The lowest BCUT2D eigenvalue weighted by atomic mass is 10.1. The minimum atomic E-state index is -0.532. The molecule has 0 saturated carbocycles. The van der Waals surface area contributed by atoms with Crippen molar-refractivity contribution in [3.05, 3.63) is 70.2 Å². The van der Waals surface area contributed by atoms with Crippen molar-refractivity contribution in [2.24, 2.45) is 0 Å². The van der Waals surface area contributed by atoms with Crippen LogP contribution in [0.5, 0.6) is 0 Å². The highest BCUT2D eigenvalue weighted by Crippen LogP contribution is 2.16. The van der Waals surface area contributed by atoms with E-state index in [0.29, 0.717) is 10.0 Å². The number of hydrogen-bond acceptors (Lipinski definition) is 3. The van der Waals surface area contributed by atoms with E-state index in [1.54, 1.807) is 24.3 Å². The number of nitrogens with one attached hydrogen (secondary N) is 1. The van der Waals surface area contributed by atoms with Gasteiger partial charge in [0.1, 0.15) is 0 Å². The zero-order valence-corrected chi connectivity index (χ0v) is 13.7. The molecule has 2 aromatic carbocycles. The predicted octanol–water partition coefficient (Wildman–Crippen LogP) is 3.48. The van der Waals surface area contributed by atoms with Gasteiger partial charge in [-0.2, -0.15) is 0 Å². The van der Waals surface area contributed by atoms with Crippen molar-refractivity contribution in [1.82, 2.24) is 5.32 Å². The van der Waals surface area contributed by atoms with Gasteiger partial charge in [-0.3, -0.25) is 4.79 Å². The molecule has 1 N–H and O–H groups in total. The topological polar surface area (TPSA) is 55.4 Å². The Morgan fingerprint density at radius 2 is 1.73 bits per heavy atom. The number of halogens is 1. The average Bonchev–Trinajstić information content (AvgIpc) is 2.54. The molecule has 0 bridgehead atoms. The normalized spacial score (nSPS) is 11.5. The third-order valence-corrected chi connectivity index (χ3v) is 3.80. The molecule has 0 aliphatic carbocycles. The molecule has 0 aromatic heterocycles. The van der Waals surface area contributed by atoms with E-state index in [1.165, 1.54) is 0 Å². The molecule has 2 aromatic rings. The van der Waals surface area contributed by atoms with Gasteiger partial charge in [0, 0.05) is 4.47 Å². The Balaban J connectivity index is 1.85. The van der Waals surface area contributed by atoms with Crippen LogP contribution < -0.4 is 5.32 Å². The van der Waals surface area contributed by atoms with Gasteiger partial charge in [-0.25, -0.2) is 4.79 Å². The summed E-state index contributed by atoms with van der Waals surface area (Å²) in [7, 11) is 0. The van der Waals surface area contributed by atoms with Crippen LogP contribution in [0.4, 0.5) is 0 Å². The number of benzene rings is 2. The molecule has 4 nitrogen and oxygen atoms in total. The van der Waals surface area contributed by atoms with Crippen molar-refractivity contribution >= 4 is 27.8 Å². The highest BCUT2D eigenvalue weighted by molar-refractivity contribution is 9.10. The fraction of sp³-hybridized carbons (Fsp3) is 0.176. The second-order valence-corrected chi connectivity index (χ2v) is 5.61. The summed E-state index contributed by atoms with van der Waals surface area (Å²) < 4.78 is 5.66. The smallest absolute Gasteiger partial charge is 0.339 e. The van der Waals surface area contributed by atoms with Crippen LogP contribution in [0, 0.1) is 0 Å². The van der Waals surface area contributed by atoms with Gasteiger partial charge in [-0.1, -0.05) is 42.5 Å². The Labute approximate surface area is 137 Å². The second-order valence-electron chi connectivity index (χ2n) is 4.76. The lowest BCUT2D eigenvalue weighted by molar-refractivity contribution is -0.124. The fourth-order valence-electron chi connectivity index (χ4n) is 1.94. The zero-order valence-electron chi connectivity index (χ0n) is 12.1. The Morgan fingerprint density at radius 3 is 2.41 bits per heavy atom. The van der Waals surface area contributed by atoms with E-state index in [2.05, 4.69) is 21.2 Å². The molecule has 1 amide bonds. The van der Waals surface area contributed by atoms with Gasteiger partial charge < -0.3 is 10.1 Å². The quantitative estimate of drug-likeness (QED) is 0.829. The van der Waals surface area contributed by atoms with Gasteiger partial charge in [0.05, 0.1) is 11.6 Å². The van der Waals surface area contributed by atoms with Crippen molar-refractivity contribution in [2.75, 3.05) is 6.61 Å². The van der Waals surface area contributed by atoms with Crippen LogP contribution >= 0.6 is 15.9 Å². The molecule has 0 aliphatic heterocycles. The maximum Gasteiger partial charge on any atom is 0.339 e. The van der Waals surface area contributed by atoms with Crippen molar-refractivity contribution in [3.63, 3.8) is 0 Å². The summed E-state index contributed by atoms with van der Waals surface area (Å²) in [6.45, 7) is 1.57. The Bertz CT molecular complexity index is 658. The number of hydrogen-bond donors (Lipinski definition) is 1. The SMILES string of the molecule is C[C@@H](NC(=O)COC(=O)c1ccccc1Br)c1ccccc1. The van der Waals surface area contributed by atoms with Crippen LogP contribution in [0.1, 0.15) is 28.9 Å². The number of carbonyl (C=O) groups excluding carboxylic acids is 2. The second kappa shape index (κ2) is 7.75. The largest absolute Gasteiger partial charge is 0.452 e. The molecule has 0 radical (unpaired) electrons. The fourth-order valence-corrected chi connectivity index (χ4v) is 2.39. The molecule has 2 rings (SSSR count). The Morgan fingerprint density at radius 1 is 1.09 bits per heavy atom. The summed E-state index contributed by atoms with van der Waals surface area (Å²) in [4.78, 5) is 23.7. The van der Waals surface area contributed by atoms with Gasteiger partial charge >= 0.3 is 5.97 Å². The Kier molecular flexibility index (Phi) is 5.72. The summed E-state index contributed by atoms with van der Waals surface area (Å²) in [5, 5.41) is 2.79. The summed E-state index contributed by atoms with van der Waals surface area (Å²) in [6.07, 6.45) is 0. The molecule has 1 atom stereocenters. The van der Waals surface area contributed by atoms with Crippen LogP contribution in [0.15, 0.2) is 59.1 Å². The Hall–Kier alpha value is -2.14. The van der Waals surface area contributed by atoms with Crippen molar-refractivity contribution in [1.29, 1.82) is 0 Å². The monoisotopic (exact) mass is 361 g/mol. The molecular weight excluding hydrogens is 346 g/mol. The number of esters is 1. The minimum Gasteiger partial charge on any atom is -0.452 e. The third kappa shape index (κ3) is 4.43. The molecule has 22 heavy (non-hydrogen) atoms. The van der Waals surface area contributed by atoms with E-state index < -0.39 is 5.97 Å². The molecule has 0 heterocycles. The van der Waals surface area contributed by atoms with Crippen LogP contribution in [0.3, 0.4) is 0 Å². The van der Waals surface area contributed by atoms with Gasteiger partial charge in [0.2, 0.25) is 0 Å². The molecule has 114 valence electrons. The lowest BCUT2D eigenvalue weighted by Gasteiger charge is -2.14. The summed E-state index contributed by atoms with van der Waals surface area (Å²) in [5.74, 6) is -0.869. The number of rotatable bonds is 5. The van der Waals surface area contributed by atoms with E-state index in [9.17, 15) is 9.59 Å². The molecule has 0 spiro atoms. The molecule has 0 saturated heterocycles. The summed E-state index contributed by atoms with van der Waals surface area (Å²) in [6, 6.07) is 16.4.